The minimum atomic E-state index is -0.720. The molecule has 2 aromatic heterocycles. The smallest absolute Gasteiger partial charge is 0.317 e. The summed E-state index contributed by atoms with van der Waals surface area (Å²) < 4.78 is 5.07. The zero-order valence-electron chi connectivity index (χ0n) is 10.5. The fourth-order valence-electron chi connectivity index (χ4n) is 1.40. The van der Waals surface area contributed by atoms with Crippen LogP contribution in [0.2, 0.25) is 0 Å². The zero-order valence-corrected chi connectivity index (χ0v) is 12.1. The number of hydrogen-bond acceptors (Lipinski definition) is 6. The second-order valence-electron chi connectivity index (χ2n) is 4.22. The molecule has 4 nitrogen and oxygen atoms in total. The molecule has 0 fully saturated rings. The second kappa shape index (κ2) is 5.16. The summed E-state index contributed by atoms with van der Waals surface area (Å²) in [5, 5.41) is 5.53. The van der Waals surface area contributed by atoms with Crippen LogP contribution < -0.4 is 0 Å². The Hall–Kier alpha value is -1.27. The molecule has 0 saturated heterocycles. The Morgan fingerprint density at radius 1 is 1.39 bits per heavy atom. The lowest BCUT2D eigenvalue weighted by Crippen LogP contribution is -2.31. The van der Waals surface area contributed by atoms with E-state index in [9.17, 15) is 4.79 Å². The van der Waals surface area contributed by atoms with E-state index in [1.807, 2.05) is 24.6 Å². The van der Waals surface area contributed by atoms with Crippen molar-refractivity contribution in [3.8, 4) is 10.0 Å². The molecule has 0 radical (unpaired) electrons. The number of rotatable bonds is 4. The molecule has 0 unspecified atom stereocenters. The molecule has 0 saturated carbocycles. The van der Waals surface area contributed by atoms with Gasteiger partial charge in [0.15, 0.2) is 10.0 Å². The molecule has 2 rings (SSSR count). The average molecular weight is 282 g/mol. The summed E-state index contributed by atoms with van der Waals surface area (Å²) in [5.74, 6) is -0.249. The standard InChI is InChI=1S/C12H14N2O2S2/c1-4-16-11(15)12(2,3)8-7-18-10(14-8)9-13-5-6-17-9/h5-7H,4H2,1-3H3. The Morgan fingerprint density at radius 2 is 2.17 bits per heavy atom. The highest BCUT2D eigenvalue weighted by Gasteiger charge is 2.34. The third-order valence-corrected chi connectivity index (χ3v) is 4.30. The van der Waals surface area contributed by atoms with E-state index in [0.717, 1.165) is 15.7 Å². The number of carbonyl (C=O) groups is 1. The van der Waals surface area contributed by atoms with Crippen molar-refractivity contribution in [2.75, 3.05) is 6.61 Å². The predicted octanol–water partition coefficient (Wildman–Crippen LogP) is 3.11. The minimum Gasteiger partial charge on any atom is -0.465 e. The first-order valence-electron chi connectivity index (χ1n) is 5.58. The summed E-state index contributed by atoms with van der Waals surface area (Å²) in [7, 11) is 0. The van der Waals surface area contributed by atoms with E-state index < -0.39 is 5.41 Å². The molecule has 0 aliphatic carbocycles. The lowest BCUT2D eigenvalue weighted by Gasteiger charge is -2.19. The molecule has 0 bridgehead atoms. The van der Waals surface area contributed by atoms with E-state index in [1.165, 1.54) is 22.7 Å². The maximum absolute atomic E-state index is 11.9. The lowest BCUT2D eigenvalue weighted by atomic mass is 9.90. The monoisotopic (exact) mass is 282 g/mol. The first kappa shape index (κ1) is 13.2. The fraction of sp³-hybridized carbons (Fsp3) is 0.417. The Morgan fingerprint density at radius 3 is 2.78 bits per heavy atom. The van der Waals surface area contributed by atoms with Gasteiger partial charge in [-0.1, -0.05) is 0 Å². The molecule has 0 aromatic carbocycles. The van der Waals surface area contributed by atoms with Crippen LogP contribution in [-0.2, 0) is 14.9 Å². The van der Waals surface area contributed by atoms with Crippen molar-refractivity contribution in [1.29, 1.82) is 0 Å². The summed E-state index contributed by atoms with van der Waals surface area (Å²) in [6, 6.07) is 0. The molecular formula is C12H14N2O2S2. The van der Waals surface area contributed by atoms with Crippen LogP contribution in [0.3, 0.4) is 0 Å². The Kier molecular flexibility index (Phi) is 3.77. The maximum Gasteiger partial charge on any atom is 0.317 e. The van der Waals surface area contributed by atoms with Gasteiger partial charge in [0.25, 0.3) is 0 Å². The van der Waals surface area contributed by atoms with Gasteiger partial charge in [0.1, 0.15) is 5.41 Å². The predicted molar refractivity (Wildman–Crippen MR) is 72.9 cm³/mol. The van der Waals surface area contributed by atoms with Crippen LogP contribution in [0, 0.1) is 0 Å². The van der Waals surface area contributed by atoms with Crippen LogP contribution in [0.4, 0.5) is 0 Å². The molecule has 0 atom stereocenters. The van der Waals surface area contributed by atoms with Gasteiger partial charge in [-0.2, -0.15) is 0 Å². The van der Waals surface area contributed by atoms with Crippen LogP contribution >= 0.6 is 22.7 Å². The van der Waals surface area contributed by atoms with Gasteiger partial charge in [0.05, 0.1) is 12.3 Å². The average Bonchev–Trinajstić information content (AvgIpc) is 3.00. The van der Waals surface area contributed by atoms with Crippen LogP contribution in [-0.4, -0.2) is 22.5 Å². The van der Waals surface area contributed by atoms with Gasteiger partial charge in [-0.05, 0) is 20.8 Å². The highest BCUT2D eigenvalue weighted by Crippen LogP contribution is 2.31. The van der Waals surface area contributed by atoms with Crippen LogP contribution in [0.25, 0.3) is 10.0 Å². The van der Waals surface area contributed by atoms with Gasteiger partial charge in [-0.3, -0.25) is 4.79 Å². The van der Waals surface area contributed by atoms with Crippen molar-refractivity contribution in [3.63, 3.8) is 0 Å². The maximum atomic E-state index is 11.9. The normalized spacial score (nSPS) is 11.5. The summed E-state index contributed by atoms with van der Waals surface area (Å²) in [4.78, 5) is 20.6. The van der Waals surface area contributed by atoms with E-state index in [2.05, 4.69) is 9.97 Å². The highest BCUT2D eigenvalue weighted by molar-refractivity contribution is 7.19. The van der Waals surface area contributed by atoms with Gasteiger partial charge >= 0.3 is 5.97 Å². The van der Waals surface area contributed by atoms with Gasteiger partial charge in [0, 0.05) is 17.0 Å². The molecule has 2 aromatic rings. The van der Waals surface area contributed by atoms with Crippen LogP contribution in [0.1, 0.15) is 26.5 Å². The van der Waals surface area contributed by atoms with E-state index >= 15 is 0 Å². The third-order valence-electron chi connectivity index (χ3n) is 2.55. The molecule has 18 heavy (non-hydrogen) atoms. The minimum absolute atomic E-state index is 0.249. The largest absolute Gasteiger partial charge is 0.465 e. The molecule has 2 heterocycles. The topological polar surface area (TPSA) is 52.1 Å². The number of ether oxygens (including phenoxy) is 1. The SMILES string of the molecule is CCOC(=O)C(C)(C)c1csc(-c2nccs2)n1. The fourth-order valence-corrected chi connectivity index (χ4v) is 3.09. The number of esters is 1. The van der Waals surface area contributed by atoms with Crippen molar-refractivity contribution in [2.45, 2.75) is 26.2 Å². The van der Waals surface area contributed by atoms with Crippen molar-refractivity contribution < 1.29 is 9.53 Å². The second-order valence-corrected chi connectivity index (χ2v) is 5.97. The van der Waals surface area contributed by atoms with Crippen LogP contribution in [0.15, 0.2) is 17.0 Å². The number of carbonyl (C=O) groups excluding carboxylic acids is 1. The zero-order chi connectivity index (χ0) is 13.2. The summed E-state index contributed by atoms with van der Waals surface area (Å²) in [6.45, 7) is 5.83. The van der Waals surface area contributed by atoms with Gasteiger partial charge in [0.2, 0.25) is 0 Å². The van der Waals surface area contributed by atoms with E-state index in [0.29, 0.717) is 6.61 Å². The number of nitrogens with zero attached hydrogens (tertiary/aromatic N) is 2. The van der Waals surface area contributed by atoms with Crippen molar-refractivity contribution in [1.82, 2.24) is 9.97 Å². The number of hydrogen-bond donors (Lipinski definition) is 0. The van der Waals surface area contributed by atoms with Crippen molar-refractivity contribution in [2.24, 2.45) is 0 Å². The Labute approximate surface area is 114 Å². The molecule has 96 valence electrons. The van der Waals surface area contributed by atoms with E-state index in [-0.39, 0.29) is 5.97 Å². The van der Waals surface area contributed by atoms with Crippen molar-refractivity contribution >= 4 is 28.6 Å². The Bertz CT molecular complexity index is 532. The molecule has 0 aliphatic rings. The summed E-state index contributed by atoms with van der Waals surface area (Å²) in [6.07, 6.45) is 1.75. The van der Waals surface area contributed by atoms with E-state index in [1.54, 1.807) is 13.1 Å². The molecule has 0 N–H and O–H groups in total. The molecule has 6 heteroatoms. The first-order chi connectivity index (χ1) is 8.55. The van der Waals surface area contributed by atoms with Crippen LogP contribution in [0.5, 0.6) is 0 Å². The third kappa shape index (κ3) is 2.44. The lowest BCUT2D eigenvalue weighted by molar-refractivity contribution is -0.148. The van der Waals surface area contributed by atoms with Gasteiger partial charge in [-0.15, -0.1) is 22.7 Å². The quantitative estimate of drug-likeness (QED) is 0.809. The molecule has 0 aliphatic heterocycles. The molecule has 0 spiro atoms. The molecule has 0 amide bonds. The van der Waals surface area contributed by atoms with E-state index in [4.69, 9.17) is 4.74 Å². The summed E-state index contributed by atoms with van der Waals surface area (Å²) >= 11 is 3.04. The first-order valence-corrected chi connectivity index (χ1v) is 7.34. The van der Waals surface area contributed by atoms with Gasteiger partial charge in [-0.25, -0.2) is 9.97 Å². The van der Waals surface area contributed by atoms with Gasteiger partial charge < -0.3 is 4.74 Å². The molecular weight excluding hydrogens is 268 g/mol. The number of thiazole rings is 2. The summed E-state index contributed by atoms with van der Waals surface area (Å²) in [5.41, 5.74) is 0.0123. The number of aromatic nitrogens is 2. The highest BCUT2D eigenvalue weighted by atomic mass is 32.1. The van der Waals surface area contributed by atoms with Crippen molar-refractivity contribution in [3.05, 3.63) is 22.7 Å². The Balaban J connectivity index is 2.27.